The highest BCUT2D eigenvalue weighted by molar-refractivity contribution is 6.31. The van der Waals surface area contributed by atoms with Crippen molar-refractivity contribution in [2.75, 3.05) is 39.9 Å². The predicted molar refractivity (Wildman–Crippen MR) is 138 cm³/mol. The number of nitrogens with zero attached hydrogens (tertiary/aromatic N) is 3. The third-order valence-electron chi connectivity index (χ3n) is 5.72. The van der Waals surface area contributed by atoms with Gasteiger partial charge in [0.25, 0.3) is 0 Å². The van der Waals surface area contributed by atoms with Crippen molar-refractivity contribution in [1.82, 2.24) is 4.90 Å². The van der Waals surface area contributed by atoms with Crippen molar-refractivity contribution in [2.45, 2.75) is 32.3 Å². The molecule has 0 amide bonds. The highest BCUT2D eigenvalue weighted by Crippen LogP contribution is 2.26. The second-order valence-electron chi connectivity index (χ2n) is 8.25. The van der Waals surface area contributed by atoms with Crippen molar-refractivity contribution in [3.8, 4) is 0 Å². The molecule has 0 saturated carbocycles. The summed E-state index contributed by atoms with van der Waals surface area (Å²) in [5.41, 5.74) is 8.85. The molecule has 1 aliphatic carbocycles. The van der Waals surface area contributed by atoms with Gasteiger partial charge in [0.1, 0.15) is 11.9 Å². The van der Waals surface area contributed by atoms with Crippen LogP contribution in [-0.2, 0) is 9.47 Å². The molecule has 0 radical (unpaired) electrons. The summed E-state index contributed by atoms with van der Waals surface area (Å²) in [6.07, 6.45) is 20.5. The molecule has 0 bridgehead atoms. The van der Waals surface area contributed by atoms with E-state index in [9.17, 15) is 0 Å². The highest BCUT2D eigenvalue weighted by Gasteiger charge is 2.22. The molecule has 0 aromatic heterocycles. The van der Waals surface area contributed by atoms with E-state index in [0.29, 0.717) is 11.6 Å². The van der Waals surface area contributed by atoms with Crippen LogP contribution in [0.25, 0.3) is 0 Å². The van der Waals surface area contributed by atoms with E-state index in [1.807, 2.05) is 37.4 Å². The van der Waals surface area contributed by atoms with Crippen molar-refractivity contribution in [3.05, 3.63) is 71.3 Å². The Kier molecular flexibility index (Phi) is 10.2. The maximum atomic E-state index is 6.46. The van der Waals surface area contributed by atoms with E-state index in [4.69, 9.17) is 31.8 Å². The van der Waals surface area contributed by atoms with E-state index < -0.39 is 0 Å². The minimum absolute atomic E-state index is 0.131. The van der Waals surface area contributed by atoms with Crippen molar-refractivity contribution in [3.63, 3.8) is 0 Å². The summed E-state index contributed by atoms with van der Waals surface area (Å²) in [5, 5.41) is 0.670. The molecular formula is C26H35ClN4O2. The molecular weight excluding hydrogens is 436 g/mol. The maximum absolute atomic E-state index is 6.46. The van der Waals surface area contributed by atoms with Crippen LogP contribution < -0.4 is 5.73 Å². The number of hydrogen-bond donors (Lipinski definition) is 1. The Hall–Kier alpha value is -2.41. The van der Waals surface area contributed by atoms with Gasteiger partial charge in [-0.3, -0.25) is 9.98 Å². The number of morpholine rings is 1. The first-order valence-corrected chi connectivity index (χ1v) is 11.9. The summed E-state index contributed by atoms with van der Waals surface area (Å²) >= 11 is 6.46. The molecule has 2 atom stereocenters. The molecule has 0 spiro atoms. The molecule has 33 heavy (non-hydrogen) atoms. The van der Waals surface area contributed by atoms with Crippen molar-refractivity contribution in [1.29, 1.82) is 0 Å². The van der Waals surface area contributed by atoms with Crippen LogP contribution in [0.15, 0.2) is 81.3 Å². The standard InChI is InChI=1S/C26H35ClN4O2/c1-20(29-2)16-24(9-11-31-12-14-32-15-13-31)33-25-17-22(6-7-23(27)18-25)26-5-3-4-21(8-10-28)19-30-26/h3-4,6-7,9,11,16,18-19,22,25H,5,8,10,12-15,17,28H2,1-2H3/b11-9+,24-16+,29-20-. The molecule has 0 aromatic carbocycles. The lowest BCUT2D eigenvalue weighted by Gasteiger charge is -2.25. The monoisotopic (exact) mass is 470 g/mol. The predicted octanol–water partition coefficient (Wildman–Crippen LogP) is 4.52. The van der Waals surface area contributed by atoms with Gasteiger partial charge >= 0.3 is 0 Å². The fraction of sp³-hybridized carbons (Fsp3) is 0.462. The van der Waals surface area contributed by atoms with Crippen LogP contribution in [0.4, 0.5) is 0 Å². The summed E-state index contributed by atoms with van der Waals surface area (Å²) in [7, 11) is 1.78. The first kappa shape index (κ1) is 25.2. The summed E-state index contributed by atoms with van der Waals surface area (Å²) in [4.78, 5) is 11.3. The van der Waals surface area contributed by atoms with Gasteiger partial charge in [-0.05, 0) is 50.1 Å². The number of rotatable bonds is 8. The van der Waals surface area contributed by atoms with E-state index in [0.717, 1.165) is 68.3 Å². The smallest absolute Gasteiger partial charge is 0.123 e. The van der Waals surface area contributed by atoms with Crippen LogP contribution in [-0.4, -0.2) is 62.3 Å². The summed E-state index contributed by atoms with van der Waals surface area (Å²) < 4.78 is 11.9. The highest BCUT2D eigenvalue weighted by atomic mass is 35.5. The molecule has 2 N–H and O–H groups in total. The molecule has 3 rings (SSSR count). The largest absolute Gasteiger partial charge is 0.486 e. The minimum Gasteiger partial charge on any atom is -0.486 e. The molecule has 2 heterocycles. The Morgan fingerprint density at radius 3 is 2.94 bits per heavy atom. The van der Waals surface area contributed by atoms with E-state index >= 15 is 0 Å². The Morgan fingerprint density at radius 1 is 1.36 bits per heavy atom. The lowest BCUT2D eigenvalue weighted by Crippen LogP contribution is -2.32. The summed E-state index contributed by atoms with van der Waals surface area (Å²) in [5.74, 6) is 0.884. The van der Waals surface area contributed by atoms with E-state index in [1.54, 1.807) is 7.05 Å². The molecule has 2 aliphatic heterocycles. The van der Waals surface area contributed by atoms with Crippen LogP contribution in [0.1, 0.15) is 26.2 Å². The Bertz CT molecular complexity index is 905. The van der Waals surface area contributed by atoms with Crippen LogP contribution in [0.5, 0.6) is 0 Å². The quantitative estimate of drug-likeness (QED) is 0.321. The van der Waals surface area contributed by atoms with Crippen LogP contribution in [0, 0.1) is 5.92 Å². The molecule has 178 valence electrons. The number of nitrogens with two attached hydrogens (primary N) is 1. The van der Waals surface area contributed by atoms with Gasteiger partial charge in [0.2, 0.25) is 0 Å². The first-order valence-electron chi connectivity index (χ1n) is 11.6. The zero-order valence-corrected chi connectivity index (χ0v) is 20.4. The Balaban J connectivity index is 1.76. The molecule has 3 aliphatic rings. The van der Waals surface area contributed by atoms with Gasteiger partial charge in [0, 0.05) is 67.4 Å². The SMILES string of the molecule is C\N=C(C)/C=C(\C=C\N1CCOCC1)OC1C=C(Cl)C=CC(C2=NC=C(CCN)C=CC2)C1. The lowest BCUT2D eigenvalue weighted by molar-refractivity contribution is 0.0590. The molecule has 7 heteroatoms. The third kappa shape index (κ3) is 8.46. The Morgan fingerprint density at radius 2 is 2.18 bits per heavy atom. The summed E-state index contributed by atoms with van der Waals surface area (Å²) in [6, 6.07) is 0. The number of halogens is 1. The number of hydrogen-bond acceptors (Lipinski definition) is 6. The average Bonchev–Trinajstić information content (AvgIpc) is 3.16. The van der Waals surface area contributed by atoms with Gasteiger partial charge in [-0.2, -0.15) is 0 Å². The second kappa shape index (κ2) is 13.3. The zero-order chi connectivity index (χ0) is 23.5. The summed E-state index contributed by atoms with van der Waals surface area (Å²) in [6.45, 7) is 5.81. The van der Waals surface area contributed by atoms with Crippen LogP contribution in [0.3, 0.4) is 0 Å². The average molecular weight is 471 g/mol. The molecule has 1 fully saturated rings. The van der Waals surface area contributed by atoms with Crippen LogP contribution >= 0.6 is 11.6 Å². The molecule has 6 nitrogen and oxygen atoms in total. The fourth-order valence-electron chi connectivity index (χ4n) is 3.79. The normalized spacial score (nSPS) is 24.8. The second-order valence-corrected chi connectivity index (χ2v) is 8.69. The van der Waals surface area contributed by atoms with Crippen LogP contribution in [0.2, 0.25) is 0 Å². The third-order valence-corrected chi connectivity index (χ3v) is 5.97. The Labute approximate surface area is 202 Å². The van der Waals surface area contributed by atoms with E-state index in [-0.39, 0.29) is 12.0 Å². The van der Waals surface area contributed by atoms with Crippen molar-refractivity contribution >= 4 is 23.0 Å². The molecule has 2 unspecified atom stereocenters. The fourth-order valence-corrected chi connectivity index (χ4v) is 4.01. The van der Waals surface area contributed by atoms with Gasteiger partial charge in [-0.1, -0.05) is 29.8 Å². The molecule has 1 saturated heterocycles. The van der Waals surface area contributed by atoms with Gasteiger partial charge < -0.3 is 20.1 Å². The maximum Gasteiger partial charge on any atom is 0.123 e. The van der Waals surface area contributed by atoms with Gasteiger partial charge in [-0.25, -0.2) is 0 Å². The van der Waals surface area contributed by atoms with E-state index in [2.05, 4.69) is 34.3 Å². The lowest BCUT2D eigenvalue weighted by atomic mass is 9.94. The number of aliphatic imine (C=N–C) groups is 2. The van der Waals surface area contributed by atoms with Gasteiger partial charge in [0.15, 0.2) is 0 Å². The minimum atomic E-state index is -0.190. The van der Waals surface area contributed by atoms with E-state index in [1.165, 1.54) is 0 Å². The topological polar surface area (TPSA) is 72.4 Å². The van der Waals surface area contributed by atoms with Crippen molar-refractivity contribution < 1.29 is 9.47 Å². The zero-order valence-electron chi connectivity index (χ0n) is 19.6. The number of ether oxygens (including phenoxy) is 2. The van der Waals surface area contributed by atoms with Crippen molar-refractivity contribution in [2.24, 2.45) is 21.6 Å². The molecule has 0 aromatic rings. The van der Waals surface area contributed by atoms with Gasteiger partial charge in [0.05, 0.1) is 13.2 Å². The number of allylic oxidation sites excluding steroid dienone is 7. The first-order chi connectivity index (χ1) is 16.1. The van der Waals surface area contributed by atoms with Gasteiger partial charge in [-0.15, -0.1) is 0 Å².